The first kappa shape index (κ1) is 17.7. The Hall–Kier alpha value is -2.64. The highest BCUT2D eigenvalue weighted by molar-refractivity contribution is 5.53. The number of benzene rings is 2. The normalized spacial score (nSPS) is 11.2. The van der Waals surface area contributed by atoms with Gasteiger partial charge in [0.1, 0.15) is 11.4 Å². The second kappa shape index (κ2) is 7.76. The number of nitrogen functional groups attached to an aromatic ring is 1. The Morgan fingerprint density at radius 3 is 2.04 bits per heavy atom. The van der Waals surface area contributed by atoms with Crippen molar-refractivity contribution in [1.82, 2.24) is 0 Å². The average Bonchev–Trinajstić information content (AvgIpc) is 2.60. The number of rotatable bonds is 6. The monoisotopic (exact) mass is 341 g/mol. The summed E-state index contributed by atoms with van der Waals surface area (Å²) < 4.78 is 59.3. The first-order valence-electron chi connectivity index (χ1n) is 7.21. The maximum Gasteiger partial charge on any atom is 0.191 e. The van der Waals surface area contributed by atoms with Gasteiger partial charge in [-0.05, 0) is 30.7 Å². The van der Waals surface area contributed by atoms with Gasteiger partial charge in [0.15, 0.2) is 29.0 Å². The summed E-state index contributed by atoms with van der Waals surface area (Å²) in [6.45, 7) is 2.60. The minimum absolute atomic E-state index is 0.231. The zero-order valence-corrected chi connectivity index (χ0v) is 12.8. The van der Waals surface area contributed by atoms with Crippen molar-refractivity contribution in [2.75, 3.05) is 12.3 Å². The van der Waals surface area contributed by atoms with Crippen molar-refractivity contribution in [2.45, 2.75) is 19.8 Å². The summed E-state index contributed by atoms with van der Waals surface area (Å²) in [5.74, 6) is -6.21. The van der Waals surface area contributed by atoms with E-state index in [1.807, 2.05) is 6.92 Å². The van der Waals surface area contributed by atoms with Gasteiger partial charge in [0.25, 0.3) is 0 Å². The summed E-state index contributed by atoms with van der Waals surface area (Å²) in [6.07, 6.45) is 1.91. The largest absolute Gasteiger partial charge is 0.494 e. The van der Waals surface area contributed by atoms with Gasteiger partial charge in [0, 0.05) is 0 Å². The van der Waals surface area contributed by atoms with E-state index in [2.05, 4.69) is 10.2 Å². The fourth-order valence-corrected chi connectivity index (χ4v) is 1.78. The molecule has 0 heterocycles. The number of anilines is 1. The van der Waals surface area contributed by atoms with Crippen LogP contribution >= 0.6 is 0 Å². The van der Waals surface area contributed by atoms with E-state index in [4.69, 9.17) is 10.5 Å². The predicted molar refractivity (Wildman–Crippen MR) is 81.7 cm³/mol. The van der Waals surface area contributed by atoms with Crippen molar-refractivity contribution in [1.29, 1.82) is 0 Å². The van der Waals surface area contributed by atoms with Crippen LogP contribution in [0, 0.1) is 23.3 Å². The summed E-state index contributed by atoms with van der Waals surface area (Å²) in [5, 5.41) is 6.80. The second-order valence-corrected chi connectivity index (χ2v) is 4.91. The van der Waals surface area contributed by atoms with E-state index < -0.39 is 34.6 Å². The maximum atomic E-state index is 13.6. The number of unbranched alkanes of at least 4 members (excludes halogenated alkanes) is 1. The van der Waals surface area contributed by atoms with E-state index in [0.717, 1.165) is 12.8 Å². The zero-order valence-electron chi connectivity index (χ0n) is 12.8. The number of nitrogens with two attached hydrogens (primary N) is 1. The smallest absolute Gasteiger partial charge is 0.191 e. The second-order valence-electron chi connectivity index (χ2n) is 4.91. The molecule has 0 atom stereocenters. The van der Waals surface area contributed by atoms with Crippen LogP contribution in [-0.4, -0.2) is 6.61 Å². The Labute approximate surface area is 136 Å². The minimum Gasteiger partial charge on any atom is -0.494 e. The van der Waals surface area contributed by atoms with E-state index in [-0.39, 0.29) is 5.69 Å². The molecule has 8 heteroatoms. The molecule has 0 fully saturated rings. The molecule has 0 spiro atoms. The third-order valence-corrected chi connectivity index (χ3v) is 3.14. The molecule has 0 radical (unpaired) electrons. The molecule has 2 N–H and O–H groups in total. The van der Waals surface area contributed by atoms with Crippen molar-refractivity contribution in [3.05, 3.63) is 47.5 Å². The van der Waals surface area contributed by atoms with Gasteiger partial charge in [-0.15, -0.1) is 5.11 Å². The molecule has 128 valence electrons. The highest BCUT2D eigenvalue weighted by atomic mass is 19.2. The van der Waals surface area contributed by atoms with Crippen molar-refractivity contribution < 1.29 is 22.3 Å². The fourth-order valence-electron chi connectivity index (χ4n) is 1.78. The van der Waals surface area contributed by atoms with Gasteiger partial charge in [-0.25, -0.2) is 17.6 Å². The van der Waals surface area contributed by atoms with Gasteiger partial charge < -0.3 is 10.5 Å². The molecule has 2 rings (SSSR count). The Bertz CT molecular complexity index is 719. The molecule has 0 amide bonds. The highest BCUT2D eigenvalue weighted by Gasteiger charge is 2.23. The van der Waals surface area contributed by atoms with Crippen LogP contribution in [0.5, 0.6) is 5.75 Å². The molecule has 0 saturated carbocycles. The van der Waals surface area contributed by atoms with Crippen LogP contribution in [0.15, 0.2) is 34.5 Å². The van der Waals surface area contributed by atoms with Crippen LogP contribution in [0.4, 0.5) is 34.6 Å². The molecular formula is C16H15F4N3O. The summed E-state index contributed by atoms with van der Waals surface area (Å²) in [5.41, 5.74) is 2.72. The number of halogens is 4. The lowest BCUT2D eigenvalue weighted by Crippen LogP contribution is -2.02. The Morgan fingerprint density at radius 1 is 0.917 bits per heavy atom. The van der Waals surface area contributed by atoms with Gasteiger partial charge in [-0.2, -0.15) is 5.11 Å². The van der Waals surface area contributed by atoms with E-state index in [1.54, 1.807) is 12.1 Å². The Morgan fingerprint density at radius 2 is 1.50 bits per heavy atom. The molecule has 0 aliphatic heterocycles. The van der Waals surface area contributed by atoms with Crippen LogP contribution < -0.4 is 10.5 Å². The van der Waals surface area contributed by atoms with Crippen LogP contribution in [0.25, 0.3) is 0 Å². The quantitative estimate of drug-likeness (QED) is 0.251. The number of hydrogen-bond acceptors (Lipinski definition) is 4. The van der Waals surface area contributed by atoms with Crippen molar-refractivity contribution >= 4 is 17.1 Å². The maximum absolute atomic E-state index is 13.6. The highest BCUT2D eigenvalue weighted by Crippen LogP contribution is 2.32. The molecule has 0 aromatic heterocycles. The van der Waals surface area contributed by atoms with Crippen LogP contribution in [0.1, 0.15) is 19.8 Å². The lowest BCUT2D eigenvalue weighted by atomic mass is 10.2. The van der Waals surface area contributed by atoms with Crippen molar-refractivity contribution in [3.63, 3.8) is 0 Å². The average molecular weight is 341 g/mol. The molecular weight excluding hydrogens is 326 g/mol. The minimum atomic E-state index is -1.71. The van der Waals surface area contributed by atoms with Gasteiger partial charge in [0.2, 0.25) is 0 Å². The van der Waals surface area contributed by atoms with Gasteiger partial charge >= 0.3 is 0 Å². The summed E-state index contributed by atoms with van der Waals surface area (Å²) in [4.78, 5) is 0. The van der Waals surface area contributed by atoms with Crippen LogP contribution in [-0.2, 0) is 0 Å². The first-order valence-corrected chi connectivity index (χ1v) is 7.21. The number of nitrogens with zero attached hydrogens (tertiary/aromatic N) is 2. The molecule has 0 aliphatic carbocycles. The van der Waals surface area contributed by atoms with E-state index in [0.29, 0.717) is 12.4 Å². The first-order chi connectivity index (χ1) is 11.5. The third kappa shape index (κ3) is 3.81. The molecule has 0 unspecified atom stereocenters. The molecule has 2 aromatic carbocycles. The van der Waals surface area contributed by atoms with Crippen LogP contribution in [0.2, 0.25) is 0 Å². The van der Waals surface area contributed by atoms with E-state index >= 15 is 0 Å². The molecule has 4 nitrogen and oxygen atoms in total. The molecule has 2 aromatic rings. The third-order valence-electron chi connectivity index (χ3n) is 3.14. The van der Waals surface area contributed by atoms with E-state index in [1.165, 1.54) is 12.1 Å². The standard InChI is InChI=1S/C16H15F4N3O/c1-2-3-8-24-10-6-4-9(5-7-10)22-23-16-13(19)11(17)15(21)12(18)14(16)20/h4-7H,2-3,8,21H2,1H3. The summed E-state index contributed by atoms with van der Waals surface area (Å²) in [6, 6.07) is 6.18. The van der Waals surface area contributed by atoms with Crippen molar-refractivity contribution in [3.8, 4) is 5.75 Å². The lowest BCUT2D eigenvalue weighted by Gasteiger charge is -2.05. The van der Waals surface area contributed by atoms with Gasteiger partial charge in [0.05, 0.1) is 12.3 Å². The van der Waals surface area contributed by atoms with Gasteiger partial charge in [-0.3, -0.25) is 0 Å². The Kier molecular flexibility index (Phi) is 5.73. The summed E-state index contributed by atoms with van der Waals surface area (Å²) in [7, 11) is 0. The number of ether oxygens (including phenoxy) is 1. The van der Waals surface area contributed by atoms with Gasteiger partial charge in [-0.1, -0.05) is 13.3 Å². The van der Waals surface area contributed by atoms with E-state index in [9.17, 15) is 17.6 Å². The Balaban J connectivity index is 2.20. The lowest BCUT2D eigenvalue weighted by molar-refractivity contribution is 0.309. The fraction of sp³-hybridized carbons (Fsp3) is 0.250. The SMILES string of the molecule is CCCCOc1ccc(N=Nc2c(F)c(F)c(N)c(F)c2F)cc1. The molecule has 24 heavy (non-hydrogen) atoms. The molecule has 0 aliphatic rings. The summed E-state index contributed by atoms with van der Waals surface area (Å²) >= 11 is 0. The molecule has 0 bridgehead atoms. The number of azo groups is 1. The topological polar surface area (TPSA) is 60.0 Å². The number of hydrogen-bond donors (Lipinski definition) is 1. The van der Waals surface area contributed by atoms with Crippen LogP contribution in [0.3, 0.4) is 0 Å². The predicted octanol–water partition coefficient (Wildman–Crippen LogP) is 5.42. The molecule has 0 saturated heterocycles. The van der Waals surface area contributed by atoms with Crippen molar-refractivity contribution in [2.24, 2.45) is 10.2 Å². The zero-order chi connectivity index (χ0) is 17.7.